The number of carbonyl (C=O) groups is 1. The number of methoxy groups -OCH3 is 1. The van der Waals surface area contributed by atoms with Gasteiger partial charge in [-0.2, -0.15) is 0 Å². The van der Waals surface area contributed by atoms with Gasteiger partial charge in [-0.1, -0.05) is 20.8 Å². The first-order valence-electron chi connectivity index (χ1n) is 5.23. The summed E-state index contributed by atoms with van der Waals surface area (Å²) in [6, 6.07) is 1.35. The number of aromatic nitrogens is 1. The largest absolute Gasteiger partial charge is 0.493 e. The van der Waals surface area contributed by atoms with Gasteiger partial charge >= 0.3 is 5.97 Å². The van der Waals surface area contributed by atoms with E-state index >= 15 is 0 Å². The molecule has 1 aromatic rings. The predicted octanol–water partition coefficient (Wildman–Crippen LogP) is 2.21. The van der Waals surface area contributed by atoms with E-state index in [4.69, 9.17) is 14.6 Å². The number of nitrogens with zero attached hydrogens (tertiary/aromatic N) is 1. The number of pyridine rings is 1. The molecule has 5 heteroatoms. The van der Waals surface area contributed by atoms with Crippen molar-refractivity contribution in [2.24, 2.45) is 5.41 Å². The molecule has 0 aliphatic rings. The molecule has 5 nitrogen and oxygen atoms in total. The summed E-state index contributed by atoms with van der Waals surface area (Å²) in [5.74, 6) is -0.264. The van der Waals surface area contributed by atoms with Crippen LogP contribution in [-0.4, -0.2) is 29.8 Å². The van der Waals surface area contributed by atoms with Crippen LogP contribution in [0, 0.1) is 5.41 Å². The Hall–Kier alpha value is -1.78. The van der Waals surface area contributed by atoms with Crippen LogP contribution in [0.25, 0.3) is 0 Å². The molecule has 1 aromatic heterocycles. The summed E-state index contributed by atoms with van der Waals surface area (Å²) in [6.07, 6.45) is 1.37. The molecular weight excluding hydrogens is 222 g/mol. The minimum absolute atomic E-state index is 0.0104. The summed E-state index contributed by atoms with van der Waals surface area (Å²) in [5.41, 5.74) is -0.0545. The zero-order chi connectivity index (χ0) is 13.1. The van der Waals surface area contributed by atoms with Crippen LogP contribution in [0.1, 0.15) is 31.3 Å². The maximum Gasteiger partial charge on any atom is 0.354 e. The number of hydrogen-bond acceptors (Lipinski definition) is 4. The van der Waals surface area contributed by atoms with E-state index in [2.05, 4.69) is 4.98 Å². The first-order valence-corrected chi connectivity index (χ1v) is 5.23. The number of carboxylic acids is 1. The van der Waals surface area contributed by atoms with Crippen molar-refractivity contribution in [1.82, 2.24) is 4.98 Å². The molecule has 0 bridgehead atoms. The van der Waals surface area contributed by atoms with Crippen molar-refractivity contribution in [2.45, 2.75) is 20.8 Å². The molecule has 1 rings (SSSR count). The van der Waals surface area contributed by atoms with Crippen molar-refractivity contribution < 1.29 is 19.4 Å². The fourth-order valence-corrected chi connectivity index (χ4v) is 1.10. The van der Waals surface area contributed by atoms with Gasteiger partial charge in [0.15, 0.2) is 17.2 Å². The van der Waals surface area contributed by atoms with Crippen molar-refractivity contribution in [1.29, 1.82) is 0 Å². The van der Waals surface area contributed by atoms with Crippen molar-refractivity contribution in [3.8, 4) is 11.5 Å². The van der Waals surface area contributed by atoms with Crippen LogP contribution in [0.2, 0.25) is 0 Å². The monoisotopic (exact) mass is 239 g/mol. The molecule has 0 amide bonds. The highest BCUT2D eigenvalue weighted by Crippen LogP contribution is 2.28. The second-order valence-electron chi connectivity index (χ2n) is 4.87. The molecule has 1 heterocycles. The summed E-state index contributed by atoms with van der Waals surface area (Å²) in [5, 5.41) is 8.80. The van der Waals surface area contributed by atoms with Crippen molar-refractivity contribution in [3.63, 3.8) is 0 Å². The Kier molecular flexibility index (Phi) is 3.93. The molecule has 94 valence electrons. The second kappa shape index (κ2) is 5.03. The fraction of sp³-hybridized carbons (Fsp3) is 0.500. The number of ether oxygens (including phenoxy) is 2. The molecule has 0 fully saturated rings. The van der Waals surface area contributed by atoms with E-state index in [0.717, 1.165) is 0 Å². The quantitative estimate of drug-likeness (QED) is 0.872. The lowest BCUT2D eigenvalue weighted by molar-refractivity contribution is 0.0689. The summed E-state index contributed by atoms with van der Waals surface area (Å²) >= 11 is 0. The maximum absolute atomic E-state index is 10.7. The van der Waals surface area contributed by atoms with Gasteiger partial charge < -0.3 is 14.6 Å². The Morgan fingerprint density at radius 1 is 1.41 bits per heavy atom. The Bertz CT molecular complexity index is 409. The molecule has 17 heavy (non-hydrogen) atoms. The molecule has 0 saturated heterocycles. The number of aromatic carboxylic acids is 1. The molecule has 0 aliphatic heterocycles. The third kappa shape index (κ3) is 3.94. The first kappa shape index (κ1) is 13.3. The lowest BCUT2D eigenvalue weighted by Crippen LogP contribution is -2.17. The van der Waals surface area contributed by atoms with Crippen molar-refractivity contribution >= 4 is 5.97 Å². The molecule has 0 spiro atoms. The lowest BCUT2D eigenvalue weighted by Gasteiger charge is -2.19. The third-order valence-electron chi connectivity index (χ3n) is 1.93. The molecule has 0 unspecified atom stereocenters. The average molecular weight is 239 g/mol. The number of rotatable bonds is 4. The predicted molar refractivity (Wildman–Crippen MR) is 62.7 cm³/mol. The number of carboxylic acid groups (broad SMARTS) is 1. The van der Waals surface area contributed by atoms with E-state index in [1.165, 1.54) is 19.4 Å². The molecular formula is C12H17NO4. The highest BCUT2D eigenvalue weighted by molar-refractivity contribution is 5.86. The Morgan fingerprint density at radius 3 is 2.53 bits per heavy atom. The Labute approximate surface area is 100 Å². The van der Waals surface area contributed by atoms with E-state index < -0.39 is 5.97 Å². The molecule has 0 aliphatic carbocycles. The van der Waals surface area contributed by atoms with Gasteiger partial charge in [0.1, 0.15) is 0 Å². The van der Waals surface area contributed by atoms with Crippen LogP contribution in [-0.2, 0) is 0 Å². The SMILES string of the molecule is COc1cc(C(=O)O)ncc1OCC(C)(C)C. The van der Waals surface area contributed by atoms with Gasteiger partial charge in [-0.05, 0) is 5.41 Å². The Balaban J connectivity index is 2.89. The van der Waals surface area contributed by atoms with Crippen molar-refractivity contribution in [3.05, 3.63) is 18.0 Å². The summed E-state index contributed by atoms with van der Waals surface area (Å²) in [6.45, 7) is 6.62. The molecule has 0 saturated carbocycles. The topological polar surface area (TPSA) is 68.7 Å². The zero-order valence-electron chi connectivity index (χ0n) is 10.5. The number of hydrogen-bond donors (Lipinski definition) is 1. The summed E-state index contributed by atoms with van der Waals surface area (Å²) in [4.78, 5) is 14.5. The van der Waals surface area contributed by atoms with Gasteiger partial charge in [0.05, 0.1) is 19.9 Å². The highest BCUT2D eigenvalue weighted by Gasteiger charge is 2.15. The Morgan fingerprint density at radius 2 is 2.06 bits per heavy atom. The fourth-order valence-electron chi connectivity index (χ4n) is 1.10. The van der Waals surface area contributed by atoms with E-state index in [1.54, 1.807) is 0 Å². The van der Waals surface area contributed by atoms with E-state index in [9.17, 15) is 4.79 Å². The van der Waals surface area contributed by atoms with Gasteiger partial charge in [-0.3, -0.25) is 0 Å². The van der Waals surface area contributed by atoms with Crippen molar-refractivity contribution in [2.75, 3.05) is 13.7 Å². The van der Waals surface area contributed by atoms with Crippen LogP contribution in [0.3, 0.4) is 0 Å². The van der Waals surface area contributed by atoms with E-state index in [-0.39, 0.29) is 11.1 Å². The highest BCUT2D eigenvalue weighted by atomic mass is 16.5. The summed E-state index contributed by atoms with van der Waals surface area (Å²) in [7, 11) is 1.46. The first-order chi connectivity index (χ1) is 7.83. The van der Waals surface area contributed by atoms with Gasteiger partial charge in [-0.15, -0.1) is 0 Å². The van der Waals surface area contributed by atoms with Crippen LogP contribution >= 0.6 is 0 Å². The maximum atomic E-state index is 10.7. The molecule has 0 radical (unpaired) electrons. The third-order valence-corrected chi connectivity index (χ3v) is 1.93. The molecule has 0 aromatic carbocycles. The van der Waals surface area contributed by atoms with Crippen LogP contribution in [0.15, 0.2) is 12.3 Å². The normalized spacial score (nSPS) is 11.1. The molecule has 0 atom stereocenters. The zero-order valence-corrected chi connectivity index (χ0v) is 10.5. The van der Waals surface area contributed by atoms with E-state index in [0.29, 0.717) is 18.1 Å². The minimum atomic E-state index is -1.09. The minimum Gasteiger partial charge on any atom is -0.493 e. The summed E-state index contributed by atoms with van der Waals surface area (Å²) < 4.78 is 10.6. The smallest absolute Gasteiger partial charge is 0.354 e. The lowest BCUT2D eigenvalue weighted by atomic mass is 9.99. The second-order valence-corrected chi connectivity index (χ2v) is 4.87. The standard InChI is InChI=1S/C12H17NO4/c1-12(2,3)7-17-10-6-13-8(11(14)15)5-9(10)16-4/h5-6H,7H2,1-4H3,(H,14,15). The average Bonchev–Trinajstić information content (AvgIpc) is 2.24. The van der Waals surface area contributed by atoms with Gasteiger partial charge in [-0.25, -0.2) is 9.78 Å². The van der Waals surface area contributed by atoms with Gasteiger partial charge in [0.2, 0.25) is 0 Å². The van der Waals surface area contributed by atoms with Crippen LogP contribution in [0.4, 0.5) is 0 Å². The van der Waals surface area contributed by atoms with Gasteiger partial charge in [0, 0.05) is 6.07 Å². The van der Waals surface area contributed by atoms with Crippen LogP contribution < -0.4 is 9.47 Å². The molecule has 1 N–H and O–H groups in total. The van der Waals surface area contributed by atoms with Crippen LogP contribution in [0.5, 0.6) is 11.5 Å². The van der Waals surface area contributed by atoms with Gasteiger partial charge in [0.25, 0.3) is 0 Å². The van der Waals surface area contributed by atoms with E-state index in [1.807, 2.05) is 20.8 Å².